The lowest BCUT2D eigenvalue weighted by Gasteiger charge is -2.11. The van der Waals surface area contributed by atoms with Crippen molar-refractivity contribution in [2.45, 2.75) is 17.8 Å². The van der Waals surface area contributed by atoms with Crippen LogP contribution >= 0.6 is 35.0 Å². The molecule has 1 aromatic heterocycles. The molecule has 6 heteroatoms. The highest BCUT2D eigenvalue weighted by Crippen LogP contribution is 2.32. The highest BCUT2D eigenvalue weighted by molar-refractivity contribution is 7.98. The van der Waals surface area contributed by atoms with E-state index < -0.39 is 0 Å². The number of hydrogen-bond acceptors (Lipinski definition) is 3. The number of nitrogens with zero attached hydrogens (tertiary/aromatic N) is 3. The molecule has 3 nitrogen and oxygen atoms in total. The minimum absolute atomic E-state index is 0.632. The van der Waals surface area contributed by atoms with Crippen LogP contribution in [0.3, 0.4) is 0 Å². The first-order chi connectivity index (χ1) is 13.6. The molecule has 1 heterocycles. The fraction of sp³-hybridized carbons (Fsp3) is 0.0909. The number of aromatic nitrogens is 3. The van der Waals surface area contributed by atoms with E-state index in [0.29, 0.717) is 15.8 Å². The summed E-state index contributed by atoms with van der Waals surface area (Å²) in [6.45, 7) is 2.08. The summed E-state index contributed by atoms with van der Waals surface area (Å²) in [6, 6.07) is 24.0. The molecule has 0 aliphatic rings. The maximum atomic E-state index is 6.33. The second-order valence-electron chi connectivity index (χ2n) is 6.37. The Balaban J connectivity index is 1.74. The molecule has 0 N–H and O–H groups in total. The first-order valence-electron chi connectivity index (χ1n) is 8.76. The van der Waals surface area contributed by atoms with Gasteiger partial charge in [0.2, 0.25) is 0 Å². The van der Waals surface area contributed by atoms with Crippen molar-refractivity contribution in [1.82, 2.24) is 14.8 Å². The zero-order chi connectivity index (χ0) is 19.5. The van der Waals surface area contributed by atoms with Gasteiger partial charge in [0.25, 0.3) is 0 Å². The molecule has 4 aromatic rings. The van der Waals surface area contributed by atoms with E-state index in [1.54, 1.807) is 17.8 Å². The lowest BCUT2D eigenvalue weighted by molar-refractivity contribution is 0.885. The summed E-state index contributed by atoms with van der Waals surface area (Å²) < 4.78 is 2.09. The van der Waals surface area contributed by atoms with Gasteiger partial charge in [-0.25, -0.2) is 0 Å². The molecule has 0 saturated carbocycles. The molecule has 3 aromatic carbocycles. The number of hydrogen-bond donors (Lipinski definition) is 0. The van der Waals surface area contributed by atoms with Gasteiger partial charge in [-0.2, -0.15) is 0 Å². The molecule has 0 bridgehead atoms. The Labute approximate surface area is 178 Å². The number of aryl methyl sites for hydroxylation is 1. The lowest BCUT2D eigenvalue weighted by Crippen LogP contribution is -2.00. The average molecular weight is 426 g/mol. The number of rotatable bonds is 5. The van der Waals surface area contributed by atoms with Gasteiger partial charge < -0.3 is 0 Å². The summed E-state index contributed by atoms with van der Waals surface area (Å²) in [5.74, 6) is 1.49. The topological polar surface area (TPSA) is 30.7 Å². The SMILES string of the molecule is Cc1cccc(-n2c(SCc3ccc(Cl)cc3Cl)nnc2-c2ccccc2)c1. The maximum absolute atomic E-state index is 6.33. The summed E-state index contributed by atoms with van der Waals surface area (Å²) >= 11 is 13.9. The van der Waals surface area contributed by atoms with Gasteiger partial charge >= 0.3 is 0 Å². The third-order valence-corrected chi connectivity index (χ3v) is 5.86. The van der Waals surface area contributed by atoms with Crippen molar-refractivity contribution in [3.63, 3.8) is 0 Å². The molecule has 28 heavy (non-hydrogen) atoms. The van der Waals surface area contributed by atoms with Crippen LogP contribution in [0.15, 0.2) is 78.0 Å². The molecule has 0 radical (unpaired) electrons. The van der Waals surface area contributed by atoms with Crippen LogP contribution in [0.4, 0.5) is 0 Å². The summed E-state index contributed by atoms with van der Waals surface area (Å²) in [5.41, 5.74) is 4.25. The molecule has 0 aliphatic carbocycles. The van der Waals surface area contributed by atoms with Gasteiger partial charge in [0.05, 0.1) is 0 Å². The van der Waals surface area contributed by atoms with Gasteiger partial charge in [-0.1, -0.05) is 83.5 Å². The Bertz CT molecular complexity index is 1110. The van der Waals surface area contributed by atoms with E-state index >= 15 is 0 Å². The Hall–Kier alpha value is -2.27. The van der Waals surface area contributed by atoms with Crippen molar-refractivity contribution in [2.75, 3.05) is 0 Å². The van der Waals surface area contributed by atoms with E-state index in [1.807, 2.05) is 48.5 Å². The average Bonchev–Trinajstić information content (AvgIpc) is 3.12. The molecular formula is C22H17Cl2N3S. The smallest absolute Gasteiger partial charge is 0.196 e. The van der Waals surface area contributed by atoms with Crippen LogP contribution < -0.4 is 0 Å². The van der Waals surface area contributed by atoms with E-state index in [1.165, 1.54) is 5.56 Å². The van der Waals surface area contributed by atoms with Crippen molar-refractivity contribution in [3.05, 3.63) is 94.0 Å². The van der Waals surface area contributed by atoms with Crippen LogP contribution in [0.2, 0.25) is 10.0 Å². The Morgan fingerprint density at radius 2 is 1.71 bits per heavy atom. The van der Waals surface area contributed by atoms with E-state index in [0.717, 1.165) is 27.8 Å². The minimum atomic E-state index is 0.632. The molecule has 0 aliphatic heterocycles. The van der Waals surface area contributed by atoms with E-state index in [-0.39, 0.29) is 0 Å². The number of thioether (sulfide) groups is 1. The molecule has 0 amide bonds. The molecule has 4 rings (SSSR count). The van der Waals surface area contributed by atoms with Crippen LogP contribution in [0, 0.1) is 6.92 Å². The lowest BCUT2D eigenvalue weighted by atomic mass is 10.2. The zero-order valence-electron chi connectivity index (χ0n) is 15.1. The summed E-state index contributed by atoms with van der Waals surface area (Å²) in [4.78, 5) is 0. The largest absolute Gasteiger partial charge is 0.270 e. The van der Waals surface area contributed by atoms with Crippen LogP contribution in [0.5, 0.6) is 0 Å². The fourth-order valence-corrected chi connectivity index (χ4v) is 4.43. The van der Waals surface area contributed by atoms with E-state index in [9.17, 15) is 0 Å². The third kappa shape index (κ3) is 4.09. The quantitative estimate of drug-likeness (QED) is 0.327. The molecule has 0 saturated heterocycles. The van der Waals surface area contributed by atoms with Crippen LogP contribution in [0.25, 0.3) is 17.1 Å². The van der Waals surface area contributed by atoms with E-state index in [4.69, 9.17) is 23.2 Å². The fourth-order valence-electron chi connectivity index (χ4n) is 2.92. The second-order valence-corrected chi connectivity index (χ2v) is 8.16. The van der Waals surface area contributed by atoms with Crippen molar-refractivity contribution < 1.29 is 0 Å². The molecule has 0 fully saturated rings. The van der Waals surface area contributed by atoms with Crippen molar-refractivity contribution >= 4 is 35.0 Å². The molecule has 0 atom stereocenters. The monoisotopic (exact) mass is 425 g/mol. The van der Waals surface area contributed by atoms with Crippen LogP contribution in [-0.4, -0.2) is 14.8 Å². The summed E-state index contributed by atoms with van der Waals surface area (Å²) in [5, 5.41) is 11.1. The molecule has 0 spiro atoms. The van der Waals surface area contributed by atoms with Crippen molar-refractivity contribution in [1.29, 1.82) is 0 Å². The molecular weight excluding hydrogens is 409 g/mol. The summed E-state index contributed by atoms with van der Waals surface area (Å²) in [6.07, 6.45) is 0. The Kier molecular flexibility index (Phi) is 5.72. The van der Waals surface area contributed by atoms with Crippen molar-refractivity contribution in [3.8, 4) is 17.1 Å². The standard InChI is InChI=1S/C22H17Cl2N3S/c1-15-6-5-9-19(12-15)27-21(16-7-3-2-4-8-16)25-26-22(27)28-14-17-10-11-18(23)13-20(17)24/h2-13H,14H2,1H3. The van der Waals surface area contributed by atoms with Gasteiger partial charge in [-0.15, -0.1) is 10.2 Å². The van der Waals surface area contributed by atoms with Gasteiger partial charge in [-0.3, -0.25) is 4.57 Å². The van der Waals surface area contributed by atoms with Gasteiger partial charge in [0, 0.05) is 27.0 Å². The normalized spacial score (nSPS) is 11.0. The predicted octanol–water partition coefficient (Wildman–Crippen LogP) is 6.84. The first kappa shape index (κ1) is 19.1. The van der Waals surface area contributed by atoms with Gasteiger partial charge in [0.15, 0.2) is 11.0 Å². The highest BCUT2D eigenvalue weighted by Gasteiger charge is 2.16. The van der Waals surface area contributed by atoms with Crippen LogP contribution in [0.1, 0.15) is 11.1 Å². The molecule has 0 unspecified atom stereocenters. The minimum Gasteiger partial charge on any atom is -0.270 e. The second kappa shape index (κ2) is 8.39. The highest BCUT2D eigenvalue weighted by atomic mass is 35.5. The zero-order valence-corrected chi connectivity index (χ0v) is 17.5. The Morgan fingerprint density at radius 3 is 2.46 bits per heavy atom. The maximum Gasteiger partial charge on any atom is 0.196 e. The van der Waals surface area contributed by atoms with Crippen LogP contribution in [-0.2, 0) is 5.75 Å². The third-order valence-electron chi connectivity index (χ3n) is 4.30. The first-order valence-corrected chi connectivity index (χ1v) is 10.5. The Morgan fingerprint density at radius 1 is 0.893 bits per heavy atom. The van der Waals surface area contributed by atoms with E-state index in [2.05, 4.69) is 39.9 Å². The van der Waals surface area contributed by atoms with Crippen molar-refractivity contribution in [2.24, 2.45) is 0 Å². The number of benzene rings is 3. The molecule has 140 valence electrons. The van der Waals surface area contributed by atoms with Gasteiger partial charge in [-0.05, 0) is 42.3 Å². The summed E-state index contributed by atoms with van der Waals surface area (Å²) in [7, 11) is 0. The van der Waals surface area contributed by atoms with Gasteiger partial charge in [0.1, 0.15) is 0 Å². The predicted molar refractivity (Wildman–Crippen MR) is 118 cm³/mol. The number of halogens is 2.